The van der Waals surface area contributed by atoms with E-state index in [1.807, 2.05) is 32.0 Å². The molecule has 0 aliphatic carbocycles. The van der Waals surface area contributed by atoms with Gasteiger partial charge >= 0.3 is 0 Å². The van der Waals surface area contributed by atoms with E-state index >= 15 is 0 Å². The molecule has 110 valence electrons. The highest BCUT2D eigenvalue weighted by Crippen LogP contribution is 2.44. The van der Waals surface area contributed by atoms with Crippen LogP contribution in [0, 0.1) is 0 Å². The van der Waals surface area contributed by atoms with Gasteiger partial charge in [0.2, 0.25) is 0 Å². The minimum absolute atomic E-state index is 0.00801. The molecule has 3 rings (SSSR count). The predicted molar refractivity (Wildman–Crippen MR) is 77.3 cm³/mol. The smallest absolute Gasteiger partial charge is 0.131 e. The molecule has 2 aliphatic heterocycles. The molecule has 4 nitrogen and oxygen atoms in total. The largest absolute Gasteiger partial charge is 0.497 e. The Bertz CT molecular complexity index is 494. The van der Waals surface area contributed by atoms with E-state index in [2.05, 4.69) is 4.90 Å². The van der Waals surface area contributed by atoms with Crippen LogP contribution in [0.15, 0.2) is 18.2 Å². The lowest BCUT2D eigenvalue weighted by Crippen LogP contribution is -2.53. The van der Waals surface area contributed by atoms with Crippen LogP contribution in [-0.2, 0) is 0 Å². The number of benzene rings is 1. The first kappa shape index (κ1) is 13.7. The maximum Gasteiger partial charge on any atom is 0.131 e. The van der Waals surface area contributed by atoms with Crippen molar-refractivity contribution in [1.82, 2.24) is 4.90 Å². The summed E-state index contributed by atoms with van der Waals surface area (Å²) in [6.45, 7) is 5.98. The van der Waals surface area contributed by atoms with Gasteiger partial charge in [0.25, 0.3) is 0 Å². The second-order valence-electron chi connectivity index (χ2n) is 6.24. The lowest BCUT2D eigenvalue weighted by molar-refractivity contribution is -0.0896. The Morgan fingerprint density at radius 2 is 2.00 bits per heavy atom. The molecule has 0 unspecified atom stereocenters. The Labute approximate surface area is 120 Å². The standard InChI is InChI=1S/C16H23NO3/c1-16(2)15(18)14(17-8-4-5-9-17)12-10-11(19-3)6-7-13(12)20-16/h6-7,10,14-15,18H,4-5,8-9H2,1-3H3/t14-,15+/m1/s1. The summed E-state index contributed by atoms with van der Waals surface area (Å²) in [7, 11) is 1.66. The number of nitrogens with zero attached hydrogens (tertiary/aromatic N) is 1. The molecule has 2 atom stereocenters. The van der Waals surface area contributed by atoms with Gasteiger partial charge in [-0.3, -0.25) is 4.90 Å². The zero-order chi connectivity index (χ0) is 14.3. The van der Waals surface area contributed by atoms with Crippen molar-refractivity contribution >= 4 is 0 Å². The summed E-state index contributed by atoms with van der Waals surface area (Å²) in [5.74, 6) is 1.67. The normalized spacial score (nSPS) is 28.8. The molecule has 0 amide bonds. The van der Waals surface area contributed by atoms with Gasteiger partial charge in [0.15, 0.2) is 0 Å². The number of aliphatic hydroxyl groups is 1. The molecule has 2 heterocycles. The fraction of sp³-hybridized carbons (Fsp3) is 0.625. The molecule has 1 fully saturated rings. The molecular formula is C16H23NO3. The second kappa shape index (κ2) is 4.93. The highest BCUT2D eigenvalue weighted by molar-refractivity contribution is 5.45. The summed E-state index contributed by atoms with van der Waals surface area (Å²) < 4.78 is 11.3. The number of methoxy groups -OCH3 is 1. The fourth-order valence-electron chi connectivity index (χ4n) is 3.29. The van der Waals surface area contributed by atoms with Crippen LogP contribution in [0.3, 0.4) is 0 Å². The van der Waals surface area contributed by atoms with E-state index in [4.69, 9.17) is 9.47 Å². The number of aliphatic hydroxyl groups excluding tert-OH is 1. The van der Waals surface area contributed by atoms with Crippen molar-refractivity contribution < 1.29 is 14.6 Å². The molecule has 1 N–H and O–H groups in total. The van der Waals surface area contributed by atoms with Gasteiger partial charge in [0.05, 0.1) is 13.2 Å². The van der Waals surface area contributed by atoms with Crippen LogP contribution in [0.2, 0.25) is 0 Å². The maximum atomic E-state index is 10.8. The van der Waals surface area contributed by atoms with Crippen LogP contribution in [-0.4, -0.2) is 41.9 Å². The minimum Gasteiger partial charge on any atom is -0.497 e. The van der Waals surface area contributed by atoms with E-state index < -0.39 is 11.7 Å². The third-order valence-electron chi connectivity index (χ3n) is 4.45. The molecule has 0 bridgehead atoms. The number of hydrogen-bond donors (Lipinski definition) is 1. The van der Waals surface area contributed by atoms with Gasteiger partial charge in [-0.1, -0.05) is 0 Å². The quantitative estimate of drug-likeness (QED) is 0.901. The summed E-state index contributed by atoms with van der Waals surface area (Å²) in [4.78, 5) is 2.37. The third kappa shape index (κ3) is 2.17. The van der Waals surface area contributed by atoms with Gasteiger partial charge in [0, 0.05) is 5.56 Å². The zero-order valence-corrected chi connectivity index (χ0v) is 12.4. The molecule has 0 aromatic heterocycles. The zero-order valence-electron chi connectivity index (χ0n) is 12.4. The molecule has 1 aromatic rings. The average Bonchev–Trinajstić information content (AvgIpc) is 2.93. The monoisotopic (exact) mass is 277 g/mol. The van der Waals surface area contributed by atoms with E-state index in [1.165, 1.54) is 12.8 Å². The van der Waals surface area contributed by atoms with Gasteiger partial charge in [-0.15, -0.1) is 0 Å². The van der Waals surface area contributed by atoms with E-state index in [0.717, 1.165) is 30.2 Å². The lowest BCUT2D eigenvalue weighted by atomic mass is 9.85. The molecule has 2 aliphatic rings. The first-order valence-electron chi connectivity index (χ1n) is 7.32. The molecule has 20 heavy (non-hydrogen) atoms. The molecule has 1 aromatic carbocycles. The number of rotatable bonds is 2. The van der Waals surface area contributed by atoms with Gasteiger partial charge in [-0.2, -0.15) is 0 Å². The Morgan fingerprint density at radius 1 is 1.30 bits per heavy atom. The second-order valence-corrected chi connectivity index (χ2v) is 6.24. The van der Waals surface area contributed by atoms with Gasteiger partial charge < -0.3 is 14.6 Å². The van der Waals surface area contributed by atoms with E-state index in [-0.39, 0.29) is 6.04 Å². The highest BCUT2D eigenvalue weighted by atomic mass is 16.5. The minimum atomic E-state index is -0.575. The Balaban J connectivity index is 2.06. The van der Waals surface area contributed by atoms with Crippen molar-refractivity contribution in [2.45, 2.75) is 44.4 Å². The van der Waals surface area contributed by atoms with Crippen LogP contribution in [0.1, 0.15) is 38.3 Å². The summed E-state index contributed by atoms with van der Waals surface area (Å²) in [6.07, 6.45) is 1.85. The average molecular weight is 277 g/mol. The first-order valence-corrected chi connectivity index (χ1v) is 7.32. The van der Waals surface area contributed by atoms with Gasteiger partial charge in [-0.05, 0) is 58.0 Å². The summed E-state index contributed by atoms with van der Waals surface area (Å²) >= 11 is 0. The highest BCUT2D eigenvalue weighted by Gasteiger charge is 2.45. The van der Waals surface area contributed by atoms with Crippen LogP contribution >= 0.6 is 0 Å². The summed E-state index contributed by atoms with van der Waals surface area (Å²) in [6, 6.07) is 5.85. The number of fused-ring (bicyclic) bond motifs is 1. The summed E-state index contributed by atoms with van der Waals surface area (Å²) in [5.41, 5.74) is 0.465. The molecule has 0 saturated carbocycles. The predicted octanol–water partition coefficient (Wildman–Crippen LogP) is 2.36. The topological polar surface area (TPSA) is 41.9 Å². The number of likely N-dealkylation sites (tertiary alicyclic amines) is 1. The third-order valence-corrected chi connectivity index (χ3v) is 4.45. The van der Waals surface area contributed by atoms with Crippen molar-refractivity contribution in [3.63, 3.8) is 0 Å². The Morgan fingerprint density at radius 3 is 2.65 bits per heavy atom. The van der Waals surface area contributed by atoms with Crippen molar-refractivity contribution in [1.29, 1.82) is 0 Å². The maximum absolute atomic E-state index is 10.8. The van der Waals surface area contributed by atoms with E-state index in [1.54, 1.807) is 7.11 Å². The van der Waals surface area contributed by atoms with Crippen molar-refractivity contribution in [2.75, 3.05) is 20.2 Å². The summed E-state index contributed by atoms with van der Waals surface area (Å²) in [5, 5.41) is 10.8. The number of ether oxygens (including phenoxy) is 2. The molecule has 0 spiro atoms. The Hall–Kier alpha value is -1.26. The van der Waals surface area contributed by atoms with Crippen LogP contribution in [0.4, 0.5) is 0 Å². The lowest BCUT2D eigenvalue weighted by Gasteiger charge is -2.45. The van der Waals surface area contributed by atoms with Crippen LogP contribution in [0.5, 0.6) is 11.5 Å². The van der Waals surface area contributed by atoms with Crippen molar-refractivity contribution in [3.8, 4) is 11.5 Å². The fourth-order valence-corrected chi connectivity index (χ4v) is 3.29. The molecule has 0 radical (unpaired) electrons. The van der Waals surface area contributed by atoms with Gasteiger partial charge in [0.1, 0.15) is 23.2 Å². The Kier molecular flexibility index (Phi) is 3.38. The van der Waals surface area contributed by atoms with Crippen LogP contribution in [0.25, 0.3) is 0 Å². The van der Waals surface area contributed by atoms with E-state index in [0.29, 0.717) is 0 Å². The van der Waals surface area contributed by atoms with E-state index in [9.17, 15) is 5.11 Å². The molecule has 1 saturated heterocycles. The van der Waals surface area contributed by atoms with Gasteiger partial charge in [-0.25, -0.2) is 0 Å². The molecule has 4 heteroatoms. The van der Waals surface area contributed by atoms with Crippen LogP contribution < -0.4 is 9.47 Å². The molecular weight excluding hydrogens is 254 g/mol. The number of hydrogen-bond acceptors (Lipinski definition) is 4. The first-order chi connectivity index (χ1) is 9.53. The van der Waals surface area contributed by atoms with Crippen molar-refractivity contribution in [2.24, 2.45) is 0 Å². The SMILES string of the molecule is COc1ccc2c(c1)[C@@H](N1CCCC1)[C@H](O)C(C)(C)O2. The van der Waals surface area contributed by atoms with Crippen molar-refractivity contribution in [3.05, 3.63) is 23.8 Å².